The van der Waals surface area contributed by atoms with Crippen molar-refractivity contribution in [2.45, 2.75) is 20.1 Å². The van der Waals surface area contributed by atoms with Crippen LogP contribution in [0.2, 0.25) is 0 Å². The lowest BCUT2D eigenvalue weighted by molar-refractivity contribution is 0.305. The Morgan fingerprint density at radius 3 is 2.56 bits per heavy atom. The third-order valence-corrected chi connectivity index (χ3v) is 4.27. The summed E-state index contributed by atoms with van der Waals surface area (Å²) in [4.78, 5) is 12.4. The number of nitrogens with one attached hydrogen (secondary N) is 1. The van der Waals surface area contributed by atoms with Gasteiger partial charge in [-0.15, -0.1) is 0 Å². The van der Waals surface area contributed by atoms with Gasteiger partial charge in [-0.25, -0.2) is 0 Å². The van der Waals surface area contributed by atoms with Crippen molar-refractivity contribution < 1.29 is 4.74 Å². The molecule has 128 valence electrons. The molecular weight excluding hydrogens is 312 g/mol. The highest BCUT2D eigenvalue weighted by molar-refractivity contribution is 5.53. The molecule has 0 bridgehead atoms. The van der Waals surface area contributed by atoms with E-state index in [0.29, 0.717) is 18.9 Å². The molecule has 0 amide bonds. The van der Waals surface area contributed by atoms with Crippen molar-refractivity contribution in [3.63, 3.8) is 0 Å². The summed E-state index contributed by atoms with van der Waals surface area (Å²) in [6.45, 7) is 3.05. The minimum atomic E-state index is -0.0696. The Kier molecular flexibility index (Phi) is 5.19. The van der Waals surface area contributed by atoms with Crippen LogP contribution in [-0.2, 0) is 13.2 Å². The third kappa shape index (κ3) is 4.10. The predicted octanol–water partition coefficient (Wildman–Crippen LogP) is 3.83. The zero-order chi connectivity index (χ0) is 17.6. The van der Waals surface area contributed by atoms with Crippen LogP contribution in [0.3, 0.4) is 0 Å². The number of benzene rings is 2. The van der Waals surface area contributed by atoms with Crippen LogP contribution < -0.4 is 15.6 Å². The topological polar surface area (TPSA) is 43.3 Å². The standard InChI is InChI=1S/C21H22N2O2/c1-16-18(9-6-10-20(16)22-2)14-23-12-11-19(13-21(23)24)25-15-17-7-4-3-5-8-17/h3-13,22H,14-15H2,1-2H3. The van der Waals surface area contributed by atoms with Gasteiger partial charge in [0.1, 0.15) is 12.4 Å². The van der Waals surface area contributed by atoms with Crippen molar-refractivity contribution >= 4 is 5.69 Å². The smallest absolute Gasteiger partial charge is 0.254 e. The van der Waals surface area contributed by atoms with Gasteiger partial charge in [-0.3, -0.25) is 4.79 Å². The van der Waals surface area contributed by atoms with Gasteiger partial charge < -0.3 is 14.6 Å². The van der Waals surface area contributed by atoms with Gasteiger partial charge in [0, 0.05) is 25.0 Å². The number of pyridine rings is 1. The second-order valence-electron chi connectivity index (χ2n) is 5.94. The van der Waals surface area contributed by atoms with Crippen molar-refractivity contribution in [2.24, 2.45) is 0 Å². The molecule has 1 N–H and O–H groups in total. The van der Waals surface area contributed by atoms with Crippen LogP contribution in [0.4, 0.5) is 5.69 Å². The fraction of sp³-hybridized carbons (Fsp3) is 0.190. The van der Waals surface area contributed by atoms with Crippen LogP contribution in [0.5, 0.6) is 5.75 Å². The minimum Gasteiger partial charge on any atom is -0.489 e. The molecule has 3 rings (SSSR count). The highest BCUT2D eigenvalue weighted by Crippen LogP contribution is 2.19. The summed E-state index contributed by atoms with van der Waals surface area (Å²) in [6.07, 6.45) is 1.79. The van der Waals surface area contributed by atoms with Gasteiger partial charge in [-0.05, 0) is 35.7 Å². The molecule has 0 saturated carbocycles. The molecular formula is C21H22N2O2. The van der Waals surface area contributed by atoms with Crippen LogP contribution in [-0.4, -0.2) is 11.6 Å². The number of rotatable bonds is 6. The van der Waals surface area contributed by atoms with E-state index in [0.717, 1.165) is 22.4 Å². The Balaban J connectivity index is 1.73. The first-order chi connectivity index (χ1) is 12.2. The molecule has 0 saturated heterocycles. The highest BCUT2D eigenvalue weighted by atomic mass is 16.5. The minimum absolute atomic E-state index is 0.0696. The summed E-state index contributed by atoms with van der Waals surface area (Å²) in [5.41, 5.74) is 4.35. The van der Waals surface area contributed by atoms with Crippen molar-refractivity contribution in [1.82, 2.24) is 4.57 Å². The van der Waals surface area contributed by atoms with Gasteiger partial charge in [0.15, 0.2) is 0 Å². The van der Waals surface area contributed by atoms with E-state index in [2.05, 4.69) is 12.2 Å². The number of ether oxygens (including phenoxy) is 1. The average Bonchev–Trinajstić information content (AvgIpc) is 2.64. The molecule has 0 aliphatic heterocycles. The molecule has 0 atom stereocenters. The Labute approximate surface area is 147 Å². The number of nitrogens with zero attached hydrogens (tertiary/aromatic N) is 1. The lowest BCUT2D eigenvalue weighted by atomic mass is 10.1. The van der Waals surface area contributed by atoms with Gasteiger partial charge in [0.05, 0.1) is 6.54 Å². The summed E-state index contributed by atoms with van der Waals surface area (Å²) in [5, 5.41) is 3.17. The Hall–Kier alpha value is -3.01. The molecule has 4 heteroatoms. The number of aromatic nitrogens is 1. The summed E-state index contributed by atoms with van der Waals surface area (Å²) in [6, 6.07) is 19.4. The Morgan fingerprint density at radius 1 is 1.04 bits per heavy atom. The average molecular weight is 334 g/mol. The molecule has 0 aliphatic rings. The largest absolute Gasteiger partial charge is 0.489 e. The molecule has 0 spiro atoms. The first-order valence-electron chi connectivity index (χ1n) is 8.31. The van der Waals surface area contributed by atoms with Gasteiger partial charge in [0.25, 0.3) is 5.56 Å². The van der Waals surface area contributed by atoms with Crippen LogP contribution in [0.15, 0.2) is 71.7 Å². The third-order valence-electron chi connectivity index (χ3n) is 4.27. The van der Waals surface area contributed by atoms with E-state index in [9.17, 15) is 4.79 Å². The van der Waals surface area contributed by atoms with E-state index in [1.807, 2.05) is 61.6 Å². The molecule has 0 radical (unpaired) electrons. The second kappa shape index (κ2) is 7.71. The van der Waals surface area contributed by atoms with Gasteiger partial charge in [-0.1, -0.05) is 42.5 Å². The quantitative estimate of drug-likeness (QED) is 0.745. The van der Waals surface area contributed by atoms with Crippen molar-refractivity contribution in [1.29, 1.82) is 0 Å². The van der Waals surface area contributed by atoms with Gasteiger partial charge in [-0.2, -0.15) is 0 Å². The monoisotopic (exact) mass is 334 g/mol. The van der Waals surface area contributed by atoms with Gasteiger partial charge >= 0.3 is 0 Å². The normalized spacial score (nSPS) is 10.5. The first-order valence-corrected chi connectivity index (χ1v) is 8.31. The van der Waals surface area contributed by atoms with Crippen LogP contribution in [0.25, 0.3) is 0 Å². The fourth-order valence-corrected chi connectivity index (χ4v) is 2.76. The second-order valence-corrected chi connectivity index (χ2v) is 5.94. The summed E-state index contributed by atoms with van der Waals surface area (Å²) in [5.74, 6) is 0.589. The number of hydrogen-bond donors (Lipinski definition) is 1. The summed E-state index contributed by atoms with van der Waals surface area (Å²) >= 11 is 0. The fourth-order valence-electron chi connectivity index (χ4n) is 2.76. The molecule has 0 unspecified atom stereocenters. The Bertz CT molecular complexity index is 901. The zero-order valence-electron chi connectivity index (χ0n) is 14.5. The molecule has 3 aromatic rings. The van der Waals surface area contributed by atoms with Crippen LogP contribution in [0.1, 0.15) is 16.7 Å². The molecule has 1 aromatic heterocycles. The van der Waals surface area contributed by atoms with Crippen molar-refractivity contribution in [3.8, 4) is 5.75 Å². The molecule has 2 aromatic carbocycles. The van der Waals surface area contributed by atoms with E-state index in [1.54, 1.807) is 16.8 Å². The highest BCUT2D eigenvalue weighted by Gasteiger charge is 2.06. The zero-order valence-corrected chi connectivity index (χ0v) is 14.5. The molecule has 0 aliphatic carbocycles. The van der Waals surface area contributed by atoms with Crippen molar-refractivity contribution in [2.75, 3.05) is 12.4 Å². The van der Waals surface area contributed by atoms with E-state index < -0.39 is 0 Å². The van der Waals surface area contributed by atoms with E-state index >= 15 is 0 Å². The lowest BCUT2D eigenvalue weighted by Gasteiger charge is -2.13. The van der Waals surface area contributed by atoms with E-state index in [-0.39, 0.29) is 5.56 Å². The van der Waals surface area contributed by atoms with Crippen LogP contribution in [0, 0.1) is 6.92 Å². The Morgan fingerprint density at radius 2 is 1.84 bits per heavy atom. The molecule has 4 nitrogen and oxygen atoms in total. The summed E-state index contributed by atoms with van der Waals surface area (Å²) in [7, 11) is 1.90. The SMILES string of the molecule is CNc1cccc(Cn2ccc(OCc3ccccc3)cc2=O)c1C. The predicted molar refractivity (Wildman–Crippen MR) is 101 cm³/mol. The summed E-state index contributed by atoms with van der Waals surface area (Å²) < 4.78 is 7.41. The first kappa shape index (κ1) is 16.8. The van der Waals surface area contributed by atoms with Crippen LogP contribution >= 0.6 is 0 Å². The lowest BCUT2D eigenvalue weighted by Crippen LogP contribution is -2.19. The number of anilines is 1. The van der Waals surface area contributed by atoms with Gasteiger partial charge in [0.2, 0.25) is 0 Å². The molecule has 0 fully saturated rings. The van der Waals surface area contributed by atoms with E-state index in [1.165, 1.54) is 0 Å². The molecule has 1 heterocycles. The maximum absolute atomic E-state index is 12.4. The molecule has 25 heavy (non-hydrogen) atoms. The van der Waals surface area contributed by atoms with Crippen molar-refractivity contribution in [3.05, 3.63) is 93.9 Å². The number of hydrogen-bond acceptors (Lipinski definition) is 3. The maximum Gasteiger partial charge on any atom is 0.254 e. The maximum atomic E-state index is 12.4. The van der Waals surface area contributed by atoms with E-state index in [4.69, 9.17) is 4.74 Å².